The Morgan fingerprint density at radius 2 is 1.88 bits per heavy atom. The number of carbonyl (C=O) groups excluding carboxylic acids is 2. The number of ether oxygens (including phenoxy) is 1. The van der Waals surface area contributed by atoms with Gasteiger partial charge in [0.1, 0.15) is 11.6 Å². The Balaban J connectivity index is 1.16. The van der Waals surface area contributed by atoms with Crippen LogP contribution in [-0.4, -0.2) is 42.9 Å². The number of nitrogens with two attached hydrogens (primary N) is 1. The highest BCUT2D eigenvalue weighted by Gasteiger charge is 2.50. The predicted molar refractivity (Wildman–Crippen MR) is 117 cm³/mol. The number of amides is 2. The van der Waals surface area contributed by atoms with E-state index in [2.05, 4.69) is 10.3 Å². The molecule has 1 aromatic carbocycles. The van der Waals surface area contributed by atoms with E-state index in [0.29, 0.717) is 24.2 Å². The van der Waals surface area contributed by atoms with Crippen molar-refractivity contribution in [1.82, 2.24) is 5.32 Å². The molecule has 1 unspecified atom stereocenters. The second kappa shape index (κ2) is 8.07. The number of piperidine rings is 1. The number of nitrogens with one attached hydrogen (secondary N) is 2. The Hall–Kier alpha value is -3.04. The van der Waals surface area contributed by atoms with Crippen LogP contribution in [0.25, 0.3) is 0 Å². The Labute approximate surface area is 190 Å². The molecule has 33 heavy (non-hydrogen) atoms. The molecule has 1 aromatic rings. The van der Waals surface area contributed by atoms with Gasteiger partial charge in [0, 0.05) is 36.7 Å². The summed E-state index contributed by atoms with van der Waals surface area (Å²) in [4.78, 5) is 29.3. The number of rotatable bonds is 4. The van der Waals surface area contributed by atoms with Crippen LogP contribution in [0, 0.1) is 28.4 Å². The molecule has 0 bridgehead atoms. The zero-order valence-electron chi connectivity index (χ0n) is 18.2. The molecule has 2 heterocycles. The molecule has 2 saturated carbocycles. The van der Waals surface area contributed by atoms with E-state index in [1.54, 1.807) is 4.90 Å². The van der Waals surface area contributed by atoms with Crippen LogP contribution < -0.4 is 16.0 Å². The number of benzene rings is 1. The summed E-state index contributed by atoms with van der Waals surface area (Å²) in [6, 6.07) is 2.15. The lowest BCUT2D eigenvalue weighted by molar-refractivity contribution is -0.134. The lowest BCUT2D eigenvalue weighted by atomic mass is 9.52. The summed E-state index contributed by atoms with van der Waals surface area (Å²) in [5.74, 6) is -3.48. The van der Waals surface area contributed by atoms with Crippen LogP contribution in [0.1, 0.15) is 56.4 Å². The molecule has 4 fully saturated rings. The Morgan fingerprint density at radius 3 is 2.45 bits per heavy atom. The third-order valence-corrected chi connectivity index (χ3v) is 7.55. The van der Waals surface area contributed by atoms with Crippen LogP contribution in [-0.2, 0) is 14.3 Å². The summed E-state index contributed by atoms with van der Waals surface area (Å²) in [6.45, 7) is 0.807. The molecule has 2 saturated heterocycles. The van der Waals surface area contributed by atoms with Gasteiger partial charge in [-0.05, 0) is 49.7 Å². The number of hydrogen-bond donors (Lipinski definition) is 3. The standard InChI is InChI=1S/C23H27F2N5O3/c24-16-6-14(7-17(25)19(16)15-2-3-18(31)29-21(15)32)30-10-13(11-30)28-22(27)33-20(26)12-8-23(9-12)4-1-5-23/h6-7,12-13,15,26H,1-5,8-11H2,(H2,27,28)(H,29,31,32). The van der Waals surface area contributed by atoms with Gasteiger partial charge in [-0.3, -0.25) is 20.3 Å². The van der Waals surface area contributed by atoms with Crippen LogP contribution in [0.2, 0.25) is 0 Å². The molecule has 8 nitrogen and oxygen atoms in total. The quantitative estimate of drug-likeness (QED) is 0.363. The van der Waals surface area contributed by atoms with E-state index >= 15 is 0 Å². The van der Waals surface area contributed by atoms with Gasteiger partial charge in [0.05, 0.1) is 12.0 Å². The van der Waals surface area contributed by atoms with Crippen LogP contribution in [0.4, 0.5) is 14.5 Å². The maximum Gasteiger partial charge on any atom is 0.288 e. The molecule has 2 aliphatic heterocycles. The van der Waals surface area contributed by atoms with Crippen LogP contribution >= 0.6 is 0 Å². The van der Waals surface area contributed by atoms with E-state index in [9.17, 15) is 18.4 Å². The lowest BCUT2D eigenvalue weighted by Gasteiger charge is -2.53. The molecular weight excluding hydrogens is 432 g/mol. The van der Waals surface area contributed by atoms with Crippen LogP contribution in [0.15, 0.2) is 17.1 Å². The summed E-state index contributed by atoms with van der Waals surface area (Å²) < 4.78 is 34.8. The van der Waals surface area contributed by atoms with Gasteiger partial charge in [-0.15, -0.1) is 0 Å². The smallest absolute Gasteiger partial charge is 0.288 e. The van der Waals surface area contributed by atoms with Gasteiger partial charge >= 0.3 is 0 Å². The monoisotopic (exact) mass is 459 g/mol. The topological polar surface area (TPSA) is 121 Å². The predicted octanol–water partition coefficient (Wildman–Crippen LogP) is 2.56. The maximum absolute atomic E-state index is 14.7. The van der Waals surface area contributed by atoms with Crippen molar-refractivity contribution < 1.29 is 23.1 Å². The third-order valence-electron chi connectivity index (χ3n) is 7.55. The number of anilines is 1. The first-order valence-electron chi connectivity index (χ1n) is 11.4. The van der Waals surface area contributed by atoms with Crippen LogP contribution in [0.5, 0.6) is 0 Å². The summed E-state index contributed by atoms with van der Waals surface area (Å²) in [5.41, 5.74) is 6.34. The van der Waals surface area contributed by atoms with Gasteiger partial charge in [0.25, 0.3) is 6.02 Å². The number of aliphatic imine (C=N–C) groups is 1. The average molecular weight is 459 g/mol. The fourth-order valence-corrected chi connectivity index (χ4v) is 5.46. The molecule has 1 spiro atoms. The van der Waals surface area contributed by atoms with E-state index in [1.165, 1.54) is 31.4 Å². The number of imide groups is 1. The summed E-state index contributed by atoms with van der Waals surface area (Å²) in [5, 5.41) is 10.2. The third kappa shape index (κ3) is 4.06. The summed E-state index contributed by atoms with van der Waals surface area (Å²) in [6.07, 6.45) is 5.86. The molecule has 10 heteroatoms. The molecule has 176 valence electrons. The first kappa shape index (κ1) is 21.8. The lowest BCUT2D eigenvalue weighted by Crippen LogP contribution is -2.51. The SMILES string of the molecule is N=C(OC(N)=NC1CN(c2cc(F)c(C3CCC(=O)NC3=O)c(F)c2)C1)C1CC2(CCC2)C1. The molecule has 2 aliphatic carbocycles. The van der Waals surface area contributed by atoms with Gasteiger partial charge < -0.3 is 15.4 Å². The van der Waals surface area contributed by atoms with Crippen molar-refractivity contribution in [2.24, 2.45) is 22.1 Å². The molecule has 0 radical (unpaired) electrons. The minimum Gasteiger partial charge on any atom is -0.412 e. The van der Waals surface area contributed by atoms with Crippen molar-refractivity contribution in [2.75, 3.05) is 18.0 Å². The van der Waals surface area contributed by atoms with Crippen molar-refractivity contribution in [2.45, 2.75) is 56.9 Å². The van der Waals surface area contributed by atoms with Gasteiger partial charge in [-0.25, -0.2) is 13.8 Å². The van der Waals surface area contributed by atoms with Gasteiger partial charge in [0.2, 0.25) is 11.8 Å². The van der Waals surface area contributed by atoms with E-state index in [-0.39, 0.29) is 42.3 Å². The highest BCUT2D eigenvalue weighted by Crippen LogP contribution is 2.58. The number of carbonyl (C=O) groups is 2. The van der Waals surface area contributed by atoms with E-state index in [4.69, 9.17) is 15.9 Å². The van der Waals surface area contributed by atoms with Crippen molar-refractivity contribution in [1.29, 1.82) is 5.41 Å². The Kier molecular flexibility index (Phi) is 5.33. The van der Waals surface area contributed by atoms with E-state index in [0.717, 1.165) is 12.8 Å². The average Bonchev–Trinajstić information content (AvgIpc) is 2.63. The van der Waals surface area contributed by atoms with Gasteiger partial charge in [0.15, 0.2) is 5.90 Å². The zero-order chi connectivity index (χ0) is 23.3. The van der Waals surface area contributed by atoms with Crippen molar-refractivity contribution in [3.05, 3.63) is 29.3 Å². The minimum atomic E-state index is -1.02. The first-order chi connectivity index (χ1) is 15.7. The number of halogens is 2. The second-order valence-corrected chi connectivity index (χ2v) is 9.78. The zero-order valence-corrected chi connectivity index (χ0v) is 18.2. The first-order valence-corrected chi connectivity index (χ1v) is 11.4. The van der Waals surface area contributed by atoms with E-state index < -0.39 is 29.4 Å². The Bertz CT molecular complexity index is 1020. The van der Waals surface area contributed by atoms with Crippen molar-refractivity contribution in [3.63, 3.8) is 0 Å². The van der Waals surface area contributed by atoms with Crippen LogP contribution in [0.3, 0.4) is 0 Å². The molecule has 4 aliphatic rings. The molecule has 5 rings (SSSR count). The molecule has 0 aromatic heterocycles. The molecule has 2 amide bonds. The molecular formula is C23H27F2N5O3. The summed E-state index contributed by atoms with van der Waals surface area (Å²) >= 11 is 0. The van der Waals surface area contributed by atoms with Crippen molar-refractivity contribution >= 4 is 29.4 Å². The van der Waals surface area contributed by atoms with E-state index in [1.807, 2.05) is 0 Å². The molecule has 4 N–H and O–H groups in total. The van der Waals surface area contributed by atoms with Crippen molar-refractivity contribution in [3.8, 4) is 0 Å². The maximum atomic E-state index is 14.7. The summed E-state index contributed by atoms with van der Waals surface area (Å²) in [7, 11) is 0. The highest BCUT2D eigenvalue weighted by atomic mass is 19.1. The number of amidine groups is 1. The van der Waals surface area contributed by atoms with Gasteiger partial charge in [-0.1, -0.05) is 6.42 Å². The Morgan fingerprint density at radius 1 is 1.21 bits per heavy atom. The van der Waals surface area contributed by atoms with Gasteiger partial charge in [-0.2, -0.15) is 0 Å². The minimum absolute atomic E-state index is 0.0470. The number of hydrogen-bond acceptors (Lipinski definition) is 6. The normalized spacial score (nSPS) is 25.2. The fourth-order valence-electron chi connectivity index (χ4n) is 5.46. The largest absolute Gasteiger partial charge is 0.412 e. The fraction of sp³-hybridized carbons (Fsp3) is 0.565. The highest BCUT2D eigenvalue weighted by molar-refractivity contribution is 6.01. The molecule has 1 atom stereocenters. The second-order valence-electron chi connectivity index (χ2n) is 9.78. The number of nitrogens with zero attached hydrogens (tertiary/aromatic N) is 2.